The first-order valence-corrected chi connectivity index (χ1v) is 6.97. The molecule has 0 fully saturated rings. The van der Waals surface area contributed by atoms with Crippen LogP contribution >= 0.6 is 11.3 Å². The largest absolute Gasteiger partial charge is 0.324 e. The predicted molar refractivity (Wildman–Crippen MR) is 79.4 cm³/mol. The van der Waals surface area contributed by atoms with Gasteiger partial charge in [0.25, 0.3) is 5.69 Å². The van der Waals surface area contributed by atoms with Gasteiger partial charge in [-0.25, -0.2) is 0 Å². The Morgan fingerprint density at radius 2 is 1.86 bits per heavy atom. The van der Waals surface area contributed by atoms with Gasteiger partial charge in [0.1, 0.15) is 0 Å². The number of nitro groups is 2. The van der Waals surface area contributed by atoms with Gasteiger partial charge in [0.2, 0.25) is 0 Å². The van der Waals surface area contributed by atoms with E-state index in [9.17, 15) is 20.2 Å². The molecular weight excluding hydrogens is 294 g/mol. The van der Waals surface area contributed by atoms with Crippen LogP contribution in [0.15, 0.2) is 30.3 Å². The fourth-order valence-electron chi connectivity index (χ4n) is 1.94. The minimum Gasteiger partial charge on any atom is -0.308 e. The summed E-state index contributed by atoms with van der Waals surface area (Å²) < 4.78 is 0. The van der Waals surface area contributed by atoms with E-state index in [1.54, 1.807) is 19.1 Å². The van der Waals surface area contributed by atoms with E-state index in [0.29, 0.717) is 18.7 Å². The Hall–Kier alpha value is -2.32. The highest BCUT2D eigenvalue weighted by atomic mass is 32.1. The predicted octanol–water partition coefficient (Wildman–Crippen LogP) is 3.16. The van der Waals surface area contributed by atoms with Crippen molar-refractivity contribution in [2.45, 2.75) is 20.0 Å². The van der Waals surface area contributed by atoms with Gasteiger partial charge in [-0.3, -0.25) is 20.2 Å². The third-order valence-corrected chi connectivity index (χ3v) is 4.09. The minimum absolute atomic E-state index is 0.0982. The Balaban J connectivity index is 1.98. The summed E-state index contributed by atoms with van der Waals surface area (Å²) in [6.07, 6.45) is 0. The summed E-state index contributed by atoms with van der Waals surface area (Å²) in [5, 5.41) is 24.7. The smallest absolute Gasteiger partial charge is 0.308 e. The molecular formula is C13H13N3O4S. The van der Waals surface area contributed by atoms with E-state index < -0.39 is 9.85 Å². The fraction of sp³-hybridized carbons (Fsp3) is 0.231. The lowest BCUT2D eigenvalue weighted by atomic mass is 10.1. The van der Waals surface area contributed by atoms with Gasteiger partial charge in [0, 0.05) is 35.7 Å². The van der Waals surface area contributed by atoms with Crippen molar-refractivity contribution < 1.29 is 9.85 Å². The van der Waals surface area contributed by atoms with Crippen LogP contribution in [0.25, 0.3) is 0 Å². The molecule has 0 saturated heterocycles. The number of nitro benzene ring substituents is 1. The molecule has 2 aromatic rings. The number of nitrogens with one attached hydrogen (secondary N) is 1. The third-order valence-electron chi connectivity index (χ3n) is 3.06. The van der Waals surface area contributed by atoms with Crippen molar-refractivity contribution in [3.05, 3.63) is 66.6 Å². The molecule has 0 aliphatic heterocycles. The molecule has 7 nitrogen and oxygen atoms in total. The maximum Gasteiger partial charge on any atom is 0.324 e. The number of nitrogens with zero attached hydrogens (tertiary/aromatic N) is 2. The molecule has 0 aliphatic carbocycles. The zero-order chi connectivity index (χ0) is 15.4. The first-order chi connectivity index (χ1) is 9.99. The number of hydrogen-bond acceptors (Lipinski definition) is 6. The normalized spacial score (nSPS) is 10.5. The maximum absolute atomic E-state index is 10.9. The second-order valence-electron chi connectivity index (χ2n) is 4.42. The monoisotopic (exact) mass is 307 g/mol. The Morgan fingerprint density at radius 3 is 2.48 bits per heavy atom. The van der Waals surface area contributed by atoms with E-state index in [1.807, 2.05) is 6.07 Å². The lowest BCUT2D eigenvalue weighted by Gasteiger charge is -2.07. The van der Waals surface area contributed by atoms with E-state index >= 15 is 0 Å². The fourth-order valence-corrected chi connectivity index (χ4v) is 2.73. The second-order valence-corrected chi connectivity index (χ2v) is 5.57. The molecule has 110 valence electrons. The molecule has 21 heavy (non-hydrogen) atoms. The van der Waals surface area contributed by atoms with Crippen molar-refractivity contribution in [1.29, 1.82) is 0 Å². The third kappa shape index (κ3) is 3.61. The molecule has 0 bridgehead atoms. The van der Waals surface area contributed by atoms with Crippen LogP contribution in [0.4, 0.5) is 10.7 Å². The SMILES string of the molecule is Cc1c(CNCc2ccc([N+](=O)[O-])s2)cccc1[N+](=O)[O-]. The molecule has 1 heterocycles. The van der Waals surface area contributed by atoms with Crippen LogP contribution in [0.3, 0.4) is 0 Å². The molecule has 0 atom stereocenters. The van der Waals surface area contributed by atoms with E-state index in [-0.39, 0.29) is 10.7 Å². The van der Waals surface area contributed by atoms with Crippen molar-refractivity contribution in [3.8, 4) is 0 Å². The molecule has 0 radical (unpaired) electrons. The van der Waals surface area contributed by atoms with Crippen LogP contribution in [-0.2, 0) is 13.1 Å². The van der Waals surface area contributed by atoms with Crippen LogP contribution < -0.4 is 5.32 Å². The van der Waals surface area contributed by atoms with Crippen LogP contribution in [0.1, 0.15) is 16.0 Å². The molecule has 0 spiro atoms. The standard InChI is InChI=1S/C13H13N3O4S/c1-9-10(3-2-4-12(9)15(17)18)7-14-8-11-5-6-13(21-11)16(19)20/h2-6,14H,7-8H2,1H3. The van der Waals surface area contributed by atoms with Crippen LogP contribution in [0.5, 0.6) is 0 Å². The lowest BCUT2D eigenvalue weighted by molar-refractivity contribution is -0.385. The highest BCUT2D eigenvalue weighted by molar-refractivity contribution is 7.15. The minimum atomic E-state index is -0.418. The number of thiophene rings is 1. The van der Waals surface area contributed by atoms with Gasteiger partial charge in [0.15, 0.2) is 0 Å². The summed E-state index contributed by atoms with van der Waals surface area (Å²) in [4.78, 5) is 21.5. The maximum atomic E-state index is 10.9. The van der Waals surface area contributed by atoms with Gasteiger partial charge in [-0.05, 0) is 18.6 Å². The molecule has 1 aromatic carbocycles. The summed E-state index contributed by atoms with van der Waals surface area (Å²) in [5.74, 6) is 0. The summed E-state index contributed by atoms with van der Waals surface area (Å²) in [6.45, 7) is 2.67. The van der Waals surface area contributed by atoms with Crippen molar-refractivity contribution in [2.75, 3.05) is 0 Å². The van der Waals surface area contributed by atoms with E-state index in [4.69, 9.17) is 0 Å². The molecule has 0 unspecified atom stereocenters. The molecule has 1 aromatic heterocycles. The molecule has 0 aliphatic rings. The van der Waals surface area contributed by atoms with Crippen molar-refractivity contribution in [1.82, 2.24) is 5.32 Å². The first kappa shape index (κ1) is 15.1. The van der Waals surface area contributed by atoms with Gasteiger partial charge in [-0.15, -0.1) is 0 Å². The molecule has 1 N–H and O–H groups in total. The van der Waals surface area contributed by atoms with Crippen molar-refractivity contribution >= 4 is 22.0 Å². The summed E-state index contributed by atoms with van der Waals surface area (Å²) in [5.41, 5.74) is 1.57. The quantitative estimate of drug-likeness (QED) is 0.653. The van der Waals surface area contributed by atoms with E-state index in [1.165, 1.54) is 12.1 Å². The van der Waals surface area contributed by atoms with Gasteiger partial charge in [0.05, 0.1) is 9.85 Å². The molecule has 2 rings (SSSR count). The molecule has 8 heteroatoms. The Bertz CT molecular complexity index is 684. The lowest BCUT2D eigenvalue weighted by Crippen LogP contribution is -2.13. The Labute approximate surface area is 124 Å². The number of hydrogen-bond donors (Lipinski definition) is 1. The number of rotatable bonds is 6. The van der Waals surface area contributed by atoms with Crippen LogP contribution in [-0.4, -0.2) is 9.85 Å². The summed E-state index contributed by atoms with van der Waals surface area (Å²) >= 11 is 1.12. The van der Waals surface area contributed by atoms with Gasteiger partial charge < -0.3 is 5.32 Å². The zero-order valence-corrected chi connectivity index (χ0v) is 12.1. The van der Waals surface area contributed by atoms with Gasteiger partial charge >= 0.3 is 5.00 Å². The van der Waals surface area contributed by atoms with Gasteiger partial charge in [-0.2, -0.15) is 0 Å². The zero-order valence-electron chi connectivity index (χ0n) is 11.2. The summed E-state index contributed by atoms with van der Waals surface area (Å²) in [7, 11) is 0. The van der Waals surface area contributed by atoms with Gasteiger partial charge in [-0.1, -0.05) is 23.5 Å². The summed E-state index contributed by atoms with van der Waals surface area (Å²) in [6, 6.07) is 8.13. The Morgan fingerprint density at radius 1 is 1.10 bits per heavy atom. The van der Waals surface area contributed by atoms with E-state index in [2.05, 4.69) is 5.32 Å². The van der Waals surface area contributed by atoms with E-state index in [0.717, 1.165) is 21.8 Å². The highest BCUT2D eigenvalue weighted by Crippen LogP contribution is 2.24. The Kier molecular flexibility index (Phi) is 4.61. The van der Waals surface area contributed by atoms with Crippen LogP contribution in [0.2, 0.25) is 0 Å². The van der Waals surface area contributed by atoms with Crippen molar-refractivity contribution in [2.24, 2.45) is 0 Å². The average Bonchev–Trinajstić information content (AvgIpc) is 2.89. The topological polar surface area (TPSA) is 98.3 Å². The molecule has 0 amide bonds. The van der Waals surface area contributed by atoms with Crippen LogP contribution in [0, 0.1) is 27.2 Å². The number of benzene rings is 1. The first-order valence-electron chi connectivity index (χ1n) is 6.15. The molecule has 0 saturated carbocycles. The highest BCUT2D eigenvalue weighted by Gasteiger charge is 2.13. The van der Waals surface area contributed by atoms with Crippen molar-refractivity contribution in [3.63, 3.8) is 0 Å². The second kappa shape index (κ2) is 6.42. The average molecular weight is 307 g/mol.